The van der Waals surface area contributed by atoms with E-state index in [4.69, 9.17) is 10.5 Å². The maximum Gasteiger partial charge on any atom is 0.410 e. The molecule has 0 saturated carbocycles. The third-order valence-corrected chi connectivity index (χ3v) is 3.63. The zero-order valence-corrected chi connectivity index (χ0v) is 13.6. The smallest absolute Gasteiger partial charge is 0.410 e. The van der Waals surface area contributed by atoms with E-state index in [0.29, 0.717) is 25.2 Å². The van der Waals surface area contributed by atoms with Gasteiger partial charge in [-0.2, -0.15) is 5.10 Å². The van der Waals surface area contributed by atoms with Gasteiger partial charge in [0.15, 0.2) is 5.82 Å². The molecule has 2 atom stereocenters. The number of piperidine rings is 1. The van der Waals surface area contributed by atoms with E-state index in [1.165, 1.54) is 15.9 Å². The van der Waals surface area contributed by atoms with Crippen LogP contribution in [0.1, 0.15) is 45.5 Å². The normalized spacial score (nSPS) is 24.2. The predicted octanol–water partition coefficient (Wildman–Crippen LogP) is 0.577. The van der Waals surface area contributed by atoms with Crippen LogP contribution in [-0.4, -0.2) is 55.2 Å². The predicted molar refractivity (Wildman–Crippen MR) is 79.9 cm³/mol. The van der Waals surface area contributed by atoms with E-state index in [1.54, 1.807) is 7.05 Å². The number of hydrogen-bond acceptors (Lipinski definition) is 6. The van der Waals surface area contributed by atoms with Gasteiger partial charge in [-0.1, -0.05) is 0 Å². The van der Waals surface area contributed by atoms with Crippen molar-refractivity contribution in [3.05, 3.63) is 12.2 Å². The molecule has 1 aliphatic heterocycles. The second-order valence-electron chi connectivity index (χ2n) is 6.86. The number of carbonyl (C=O) groups excluding carboxylic acids is 1. The Morgan fingerprint density at radius 3 is 2.77 bits per heavy atom. The monoisotopic (exact) mass is 311 g/mol. The molecular weight excluding hydrogens is 286 g/mol. The highest BCUT2D eigenvalue weighted by Gasteiger charge is 2.43. The maximum absolute atomic E-state index is 12.2. The number of aliphatic hydroxyl groups is 1. The maximum atomic E-state index is 12.2. The number of amides is 1. The fourth-order valence-corrected chi connectivity index (χ4v) is 2.54. The molecule has 1 aliphatic rings. The molecule has 3 N–H and O–H groups in total. The van der Waals surface area contributed by atoms with Crippen molar-refractivity contribution in [1.82, 2.24) is 19.7 Å². The van der Waals surface area contributed by atoms with Crippen molar-refractivity contribution in [2.24, 2.45) is 12.8 Å². The Morgan fingerprint density at radius 2 is 2.23 bits per heavy atom. The van der Waals surface area contributed by atoms with Crippen LogP contribution >= 0.6 is 0 Å². The lowest BCUT2D eigenvalue weighted by Crippen LogP contribution is -2.56. The van der Waals surface area contributed by atoms with Gasteiger partial charge < -0.3 is 20.5 Å². The number of rotatable bonds is 2. The molecule has 0 radical (unpaired) electrons. The third-order valence-electron chi connectivity index (χ3n) is 3.63. The van der Waals surface area contributed by atoms with Gasteiger partial charge in [-0.05, 0) is 33.6 Å². The lowest BCUT2D eigenvalue weighted by molar-refractivity contribution is -0.0589. The Hall–Kier alpha value is -1.67. The molecule has 1 amide bonds. The van der Waals surface area contributed by atoms with Gasteiger partial charge in [0.05, 0.1) is 12.6 Å². The van der Waals surface area contributed by atoms with Crippen molar-refractivity contribution < 1.29 is 14.6 Å². The second-order valence-corrected chi connectivity index (χ2v) is 6.86. The summed E-state index contributed by atoms with van der Waals surface area (Å²) in [4.78, 5) is 17.8. The van der Waals surface area contributed by atoms with Crippen molar-refractivity contribution in [2.45, 2.75) is 50.9 Å². The number of hydrogen-bond donors (Lipinski definition) is 2. The number of nitrogens with zero attached hydrogens (tertiary/aromatic N) is 4. The van der Waals surface area contributed by atoms with Crippen LogP contribution in [0.3, 0.4) is 0 Å². The Balaban J connectivity index is 2.09. The van der Waals surface area contributed by atoms with Gasteiger partial charge in [0.1, 0.15) is 17.5 Å². The summed E-state index contributed by atoms with van der Waals surface area (Å²) in [5, 5.41) is 15.0. The molecule has 8 nitrogen and oxygen atoms in total. The summed E-state index contributed by atoms with van der Waals surface area (Å²) in [5.74, 6) is 0.371. The lowest BCUT2D eigenvalue weighted by Gasteiger charge is -2.41. The topological polar surface area (TPSA) is 106 Å². The molecule has 1 saturated heterocycles. The number of carbonyl (C=O) groups is 1. The minimum absolute atomic E-state index is 0.112. The van der Waals surface area contributed by atoms with Crippen LogP contribution in [0, 0.1) is 0 Å². The van der Waals surface area contributed by atoms with Gasteiger partial charge in [-0.3, -0.25) is 4.68 Å². The molecule has 2 heterocycles. The van der Waals surface area contributed by atoms with E-state index < -0.39 is 23.3 Å². The molecule has 0 spiro atoms. The highest BCUT2D eigenvalue weighted by Crippen LogP contribution is 2.31. The van der Waals surface area contributed by atoms with Crippen molar-refractivity contribution in [3.8, 4) is 0 Å². The first kappa shape index (κ1) is 16.7. The van der Waals surface area contributed by atoms with Crippen LogP contribution < -0.4 is 5.73 Å². The van der Waals surface area contributed by atoms with Crippen molar-refractivity contribution in [1.29, 1.82) is 0 Å². The number of aromatic nitrogens is 3. The van der Waals surface area contributed by atoms with Crippen molar-refractivity contribution >= 4 is 6.09 Å². The molecule has 1 aromatic heterocycles. The van der Waals surface area contributed by atoms with Crippen LogP contribution in [0.25, 0.3) is 0 Å². The number of ether oxygens (including phenoxy) is 1. The highest BCUT2D eigenvalue weighted by atomic mass is 16.6. The Kier molecular flexibility index (Phi) is 4.44. The number of aryl methyl sites for hydroxylation is 1. The average molecular weight is 311 g/mol. The van der Waals surface area contributed by atoms with Crippen LogP contribution in [-0.2, 0) is 11.8 Å². The molecule has 1 fully saturated rings. The van der Waals surface area contributed by atoms with Gasteiger partial charge in [-0.25, -0.2) is 9.78 Å². The minimum atomic E-state index is -1.25. The van der Waals surface area contributed by atoms with Crippen LogP contribution in [0.4, 0.5) is 4.79 Å². The van der Waals surface area contributed by atoms with E-state index >= 15 is 0 Å². The van der Waals surface area contributed by atoms with E-state index in [-0.39, 0.29) is 6.54 Å². The standard InChI is InChI=1S/C14H25N5O3/c1-13(2,3)22-12(20)19-7-5-6-14(21,8-19)10(15)11-16-9-18(4)17-11/h9-10,21H,5-8,15H2,1-4H3. The first-order valence-electron chi connectivity index (χ1n) is 7.42. The van der Waals surface area contributed by atoms with Gasteiger partial charge >= 0.3 is 6.09 Å². The number of β-amino-alcohol motifs (C(OH)–C–C–N with tert-alkyl or cyclic N) is 1. The van der Waals surface area contributed by atoms with E-state index in [9.17, 15) is 9.90 Å². The SMILES string of the molecule is Cn1cnc(C(N)C2(O)CCCN(C(=O)OC(C)(C)C)C2)n1. The van der Waals surface area contributed by atoms with E-state index in [2.05, 4.69) is 10.1 Å². The largest absolute Gasteiger partial charge is 0.444 e. The molecule has 1 aromatic rings. The van der Waals surface area contributed by atoms with Gasteiger partial charge in [0, 0.05) is 13.6 Å². The quantitative estimate of drug-likeness (QED) is 0.827. The molecule has 0 aliphatic carbocycles. The summed E-state index contributed by atoms with van der Waals surface area (Å²) in [7, 11) is 1.74. The first-order valence-corrected chi connectivity index (χ1v) is 7.42. The Bertz CT molecular complexity index is 539. The molecule has 0 aromatic carbocycles. The van der Waals surface area contributed by atoms with E-state index in [1.807, 2.05) is 20.8 Å². The fourth-order valence-electron chi connectivity index (χ4n) is 2.54. The van der Waals surface area contributed by atoms with Crippen LogP contribution in [0.5, 0.6) is 0 Å². The molecule has 124 valence electrons. The minimum Gasteiger partial charge on any atom is -0.444 e. The third kappa shape index (κ3) is 3.75. The molecule has 22 heavy (non-hydrogen) atoms. The summed E-state index contributed by atoms with van der Waals surface area (Å²) in [6.07, 6.45) is 2.24. The molecule has 2 unspecified atom stereocenters. The highest BCUT2D eigenvalue weighted by molar-refractivity contribution is 5.68. The van der Waals surface area contributed by atoms with Gasteiger partial charge in [-0.15, -0.1) is 0 Å². The van der Waals surface area contributed by atoms with Crippen LogP contribution in [0.15, 0.2) is 6.33 Å². The molecule has 2 rings (SSSR count). The number of nitrogens with two attached hydrogens (primary N) is 1. The van der Waals surface area contributed by atoms with Crippen molar-refractivity contribution in [3.63, 3.8) is 0 Å². The molecule has 8 heteroatoms. The van der Waals surface area contributed by atoms with Gasteiger partial charge in [0.25, 0.3) is 0 Å². The molecular formula is C14H25N5O3. The summed E-state index contributed by atoms with van der Waals surface area (Å²) < 4.78 is 6.89. The summed E-state index contributed by atoms with van der Waals surface area (Å²) >= 11 is 0. The number of likely N-dealkylation sites (tertiary alicyclic amines) is 1. The van der Waals surface area contributed by atoms with Crippen molar-refractivity contribution in [2.75, 3.05) is 13.1 Å². The lowest BCUT2D eigenvalue weighted by atomic mass is 9.85. The summed E-state index contributed by atoms with van der Waals surface area (Å²) in [6, 6.07) is -0.751. The zero-order chi connectivity index (χ0) is 16.5. The van der Waals surface area contributed by atoms with E-state index in [0.717, 1.165) is 0 Å². The van der Waals surface area contributed by atoms with Gasteiger partial charge in [0.2, 0.25) is 0 Å². The second kappa shape index (κ2) is 5.85. The Morgan fingerprint density at radius 1 is 1.55 bits per heavy atom. The Labute approximate surface area is 130 Å². The molecule has 0 bridgehead atoms. The zero-order valence-electron chi connectivity index (χ0n) is 13.6. The first-order chi connectivity index (χ1) is 10.1. The average Bonchev–Trinajstić information content (AvgIpc) is 2.82. The fraction of sp³-hybridized carbons (Fsp3) is 0.786. The summed E-state index contributed by atoms with van der Waals surface area (Å²) in [5.41, 5.74) is 4.31. The summed E-state index contributed by atoms with van der Waals surface area (Å²) in [6.45, 7) is 6.08. The van der Waals surface area contributed by atoms with Crippen LogP contribution in [0.2, 0.25) is 0 Å².